The number of hydrogen-bond donors (Lipinski definition) is 2. The van der Waals surface area contributed by atoms with E-state index in [0.29, 0.717) is 22.3 Å². The van der Waals surface area contributed by atoms with Crippen LogP contribution in [-0.2, 0) is 16.5 Å². The van der Waals surface area contributed by atoms with Crippen molar-refractivity contribution in [2.75, 3.05) is 0 Å². The van der Waals surface area contributed by atoms with Gasteiger partial charge < -0.3 is 29.9 Å². The molecule has 0 aliphatic carbocycles. The number of benzene rings is 4. The summed E-state index contributed by atoms with van der Waals surface area (Å²) in [6.45, 7) is 25.4. The summed E-state index contributed by atoms with van der Waals surface area (Å²) in [5, 5.41) is 41.5. The molecule has 0 bridgehead atoms. The Labute approximate surface area is 342 Å². The largest absolute Gasteiger partial charge is 2.00 e. The summed E-state index contributed by atoms with van der Waals surface area (Å²) in [4.78, 5) is 30.5. The molecule has 2 N–H and O–H groups in total. The third-order valence-electron chi connectivity index (χ3n) is 8.76. The Morgan fingerprint density at radius 3 is 1.18 bits per heavy atom. The van der Waals surface area contributed by atoms with Gasteiger partial charge in [0.05, 0.1) is 17.1 Å². The predicted molar refractivity (Wildman–Crippen MR) is 218 cm³/mol. The third kappa shape index (κ3) is 13.9. The fourth-order valence-electron chi connectivity index (χ4n) is 5.74. The van der Waals surface area contributed by atoms with Gasteiger partial charge in [-0.05, 0) is 103 Å². The van der Waals surface area contributed by atoms with Gasteiger partial charge in [0.1, 0.15) is 11.5 Å². The van der Waals surface area contributed by atoms with Crippen LogP contribution in [0.25, 0.3) is 0 Å². The normalized spacial score (nSPS) is 11.2. The first kappa shape index (κ1) is 48.9. The topological polar surface area (TPSA) is 164 Å². The maximum absolute atomic E-state index is 12.1. The number of carboxylic acid groups (broad SMARTS) is 2. The van der Waals surface area contributed by atoms with Crippen molar-refractivity contribution < 1.29 is 56.0 Å². The third-order valence-corrected chi connectivity index (χ3v) is 8.76. The second kappa shape index (κ2) is 22.4. The van der Waals surface area contributed by atoms with Gasteiger partial charge in [0, 0.05) is 6.21 Å². The molecule has 4 rings (SSSR count). The smallest absolute Gasteiger partial charge is 0.870 e. The van der Waals surface area contributed by atoms with Crippen LogP contribution in [0, 0.1) is 27.7 Å². The summed E-state index contributed by atoms with van der Waals surface area (Å²) in [5.74, 6) is -0.601. The number of rotatable bonds is 9. The first-order valence-corrected chi connectivity index (χ1v) is 18.4. The fraction of sp³-hybridized carbons (Fsp3) is 0.378. The van der Waals surface area contributed by atoms with Crippen molar-refractivity contribution in [3.05, 3.63) is 105 Å². The minimum atomic E-state index is -1.45. The molecule has 11 heteroatoms. The van der Waals surface area contributed by atoms with Gasteiger partial charge in [-0.15, -0.1) is 0 Å². The van der Waals surface area contributed by atoms with Crippen LogP contribution >= 0.6 is 0 Å². The van der Waals surface area contributed by atoms with E-state index in [9.17, 15) is 19.8 Å². The second-order valence-corrected chi connectivity index (χ2v) is 14.7. The number of carbonyl (C=O) groups is 2. The zero-order chi connectivity index (χ0) is 41.7. The number of para-hydroxylation sites is 2. The first-order valence-electron chi connectivity index (χ1n) is 18.4. The Morgan fingerprint density at radius 2 is 0.875 bits per heavy atom. The van der Waals surface area contributed by atoms with Crippen molar-refractivity contribution in [3.8, 4) is 23.0 Å². The van der Waals surface area contributed by atoms with E-state index in [4.69, 9.17) is 15.2 Å². The van der Waals surface area contributed by atoms with E-state index in [-0.39, 0.29) is 63.2 Å². The molecule has 0 aromatic heterocycles. The molecule has 0 spiro atoms. The molecule has 4 aromatic carbocycles. The molecule has 304 valence electrons. The van der Waals surface area contributed by atoms with E-state index in [0.717, 1.165) is 17.1 Å². The van der Waals surface area contributed by atoms with Crippen LogP contribution in [0.15, 0.2) is 70.6 Å². The number of hydrogen-bond acceptors (Lipinski definition) is 8. The van der Waals surface area contributed by atoms with Crippen molar-refractivity contribution in [2.45, 2.75) is 114 Å². The second-order valence-electron chi connectivity index (χ2n) is 14.7. The Bertz CT molecular complexity index is 1890. The summed E-state index contributed by atoms with van der Waals surface area (Å²) in [5.41, 5.74) is 10.1. The first-order chi connectivity index (χ1) is 25.7. The van der Waals surface area contributed by atoms with Crippen molar-refractivity contribution >= 4 is 35.6 Å². The molecule has 0 radical (unpaired) electrons. The van der Waals surface area contributed by atoms with Crippen molar-refractivity contribution in [3.63, 3.8) is 0 Å². The van der Waals surface area contributed by atoms with Gasteiger partial charge in [-0.2, -0.15) is 0 Å². The quantitative estimate of drug-likeness (QED) is 0.0730. The van der Waals surface area contributed by atoms with E-state index in [2.05, 4.69) is 78.6 Å². The minimum absolute atomic E-state index is 0. The van der Waals surface area contributed by atoms with Crippen LogP contribution in [-0.4, -0.2) is 34.5 Å². The summed E-state index contributed by atoms with van der Waals surface area (Å²) >= 11 is 0. The SMILES string of the molecule is CC(C)c1ccc(C(C)C)c(OC(=O)O)c1[O-].CC(C)c1ccc(C(C)C)c(OC(=O)O)c1[O-].CC(C=Nc1c(C)cccc1C)=Nc1c(C)cccc1C.[Ni+2]. The summed E-state index contributed by atoms with van der Waals surface area (Å²) in [6.07, 6.45) is -1.06. The Kier molecular flexibility index (Phi) is 19.6. The van der Waals surface area contributed by atoms with Gasteiger partial charge in [0.2, 0.25) is 0 Å². The van der Waals surface area contributed by atoms with Crippen LogP contribution in [0.3, 0.4) is 0 Å². The van der Waals surface area contributed by atoms with E-state index < -0.39 is 12.3 Å². The van der Waals surface area contributed by atoms with Crippen molar-refractivity contribution in [2.24, 2.45) is 9.98 Å². The van der Waals surface area contributed by atoms with Crippen molar-refractivity contribution in [1.82, 2.24) is 0 Å². The molecule has 0 unspecified atom stereocenters. The number of aryl methyl sites for hydroxylation is 4. The molecule has 4 aromatic rings. The van der Waals surface area contributed by atoms with Crippen LogP contribution in [0.1, 0.15) is 130 Å². The molecular formula is C45H56N2NiO8. The zero-order valence-corrected chi connectivity index (χ0v) is 35.7. The van der Waals surface area contributed by atoms with Gasteiger partial charge in [0.15, 0.2) is 0 Å². The molecule has 56 heavy (non-hydrogen) atoms. The van der Waals surface area contributed by atoms with E-state index in [1.54, 1.807) is 24.3 Å². The standard InChI is InChI=1S/C19H22N2.2C13H18O4.Ni/c1-13-8-6-9-14(2)18(13)20-12-17(5)21-19-15(3)10-7-11-16(19)4;2*1-7(2)9-5-6-10(8(3)4)12(11(9)14)17-13(15)16;/h6-12H,1-5H3;2*5-8,14H,1-4H3,(H,15,16);/q;;;+2/p-2. The Hall–Kier alpha value is -5.15. The minimum Gasteiger partial charge on any atom is -0.870 e. The number of ether oxygens (including phenoxy) is 2. The molecule has 0 fully saturated rings. The maximum atomic E-state index is 12.1. The fourth-order valence-corrected chi connectivity index (χ4v) is 5.74. The Balaban J connectivity index is 0.000000420. The van der Waals surface area contributed by atoms with E-state index in [1.165, 1.54) is 22.3 Å². The van der Waals surface area contributed by atoms with Crippen LogP contribution in [0.4, 0.5) is 21.0 Å². The monoisotopic (exact) mass is 810 g/mol. The summed E-state index contributed by atoms with van der Waals surface area (Å²) in [7, 11) is 0. The molecule has 0 heterocycles. The van der Waals surface area contributed by atoms with Gasteiger partial charge in [0.25, 0.3) is 0 Å². The molecule has 10 nitrogen and oxygen atoms in total. The van der Waals surface area contributed by atoms with Gasteiger partial charge >= 0.3 is 28.8 Å². The number of aliphatic imine (C=N–C) groups is 2. The summed E-state index contributed by atoms with van der Waals surface area (Å²) in [6, 6.07) is 19.5. The van der Waals surface area contributed by atoms with Gasteiger partial charge in [-0.25, -0.2) is 9.59 Å². The molecule has 0 amide bonds. The van der Waals surface area contributed by atoms with Crippen LogP contribution in [0.5, 0.6) is 23.0 Å². The van der Waals surface area contributed by atoms with Crippen LogP contribution in [0.2, 0.25) is 0 Å². The van der Waals surface area contributed by atoms with Gasteiger partial charge in [-0.3, -0.25) is 9.98 Å². The summed E-state index contributed by atoms with van der Waals surface area (Å²) < 4.78 is 9.26. The van der Waals surface area contributed by atoms with Gasteiger partial charge in [-0.1, -0.05) is 128 Å². The molecule has 0 saturated heterocycles. The molecule has 0 aliphatic heterocycles. The maximum Gasteiger partial charge on any atom is 2.00 e. The average Bonchev–Trinajstić information content (AvgIpc) is 3.07. The molecule has 0 atom stereocenters. The molecular weight excluding hydrogens is 755 g/mol. The predicted octanol–water partition coefficient (Wildman–Crippen LogP) is 11.5. The number of nitrogens with zero attached hydrogens (tertiary/aromatic N) is 2. The van der Waals surface area contributed by atoms with E-state index in [1.807, 2.05) is 68.5 Å². The molecule has 0 aliphatic rings. The van der Waals surface area contributed by atoms with Crippen molar-refractivity contribution in [1.29, 1.82) is 0 Å². The molecule has 0 saturated carbocycles. The van der Waals surface area contributed by atoms with E-state index >= 15 is 0 Å². The van der Waals surface area contributed by atoms with Crippen LogP contribution < -0.4 is 19.7 Å². The average molecular weight is 812 g/mol. The zero-order valence-electron chi connectivity index (χ0n) is 34.7. The Morgan fingerprint density at radius 1 is 0.571 bits per heavy atom.